The van der Waals surface area contributed by atoms with E-state index < -0.39 is 24.2 Å². The summed E-state index contributed by atoms with van der Waals surface area (Å²) in [5.74, 6) is -1.17. The molecule has 4 atom stereocenters. The lowest BCUT2D eigenvalue weighted by molar-refractivity contribution is -0.214. The van der Waals surface area contributed by atoms with Gasteiger partial charge in [-0.1, -0.05) is 24.3 Å². The first-order chi connectivity index (χ1) is 10.00. The molecule has 2 aliphatic rings. The Kier molecular flexibility index (Phi) is 3.57. The van der Waals surface area contributed by atoms with Gasteiger partial charge in [-0.2, -0.15) is 0 Å². The first-order valence-electron chi connectivity index (χ1n) is 6.90. The van der Waals surface area contributed by atoms with E-state index in [-0.39, 0.29) is 12.2 Å². The van der Waals surface area contributed by atoms with E-state index in [1.54, 1.807) is 30.3 Å². The zero-order valence-electron chi connectivity index (χ0n) is 12.0. The molecular formula is C16H18O5. The van der Waals surface area contributed by atoms with Crippen molar-refractivity contribution in [2.75, 3.05) is 0 Å². The summed E-state index contributed by atoms with van der Waals surface area (Å²) >= 11 is 0. The van der Waals surface area contributed by atoms with Crippen molar-refractivity contribution >= 4 is 5.97 Å². The summed E-state index contributed by atoms with van der Waals surface area (Å²) in [6, 6.07) is 8.77. The largest absolute Gasteiger partial charge is 0.429 e. The molecule has 0 radical (unpaired) electrons. The molecule has 2 fully saturated rings. The van der Waals surface area contributed by atoms with Gasteiger partial charge in [0.2, 0.25) is 6.29 Å². The van der Waals surface area contributed by atoms with Crippen molar-refractivity contribution in [1.29, 1.82) is 0 Å². The topological polar surface area (TPSA) is 54.0 Å². The quantitative estimate of drug-likeness (QED) is 0.631. The van der Waals surface area contributed by atoms with Crippen LogP contribution in [0.5, 0.6) is 0 Å². The molecule has 1 aromatic rings. The van der Waals surface area contributed by atoms with Gasteiger partial charge in [0.15, 0.2) is 11.9 Å². The minimum Gasteiger partial charge on any atom is -0.429 e. The zero-order chi connectivity index (χ0) is 15.0. The first-order valence-corrected chi connectivity index (χ1v) is 6.90. The van der Waals surface area contributed by atoms with Gasteiger partial charge in [-0.3, -0.25) is 0 Å². The van der Waals surface area contributed by atoms with Gasteiger partial charge in [-0.25, -0.2) is 4.79 Å². The van der Waals surface area contributed by atoms with E-state index >= 15 is 0 Å². The number of hydrogen-bond donors (Lipinski definition) is 0. The number of carbonyl (C=O) groups is 1. The Morgan fingerprint density at radius 3 is 2.57 bits per heavy atom. The van der Waals surface area contributed by atoms with Crippen LogP contribution in [-0.2, 0) is 18.9 Å². The van der Waals surface area contributed by atoms with Crippen molar-refractivity contribution in [1.82, 2.24) is 0 Å². The van der Waals surface area contributed by atoms with E-state index in [1.165, 1.54) is 0 Å². The van der Waals surface area contributed by atoms with E-state index in [2.05, 4.69) is 6.58 Å². The Morgan fingerprint density at radius 1 is 1.24 bits per heavy atom. The molecule has 21 heavy (non-hydrogen) atoms. The summed E-state index contributed by atoms with van der Waals surface area (Å²) in [6.45, 7) is 7.36. The number of esters is 1. The number of ether oxygens (including phenoxy) is 4. The Hall–Kier alpha value is -1.69. The van der Waals surface area contributed by atoms with Crippen LogP contribution in [0.3, 0.4) is 0 Å². The third-order valence-corrected chi connectivity index (χ3v) is 3.51. The SMILES string of the molecule is C=C[C@H]1O[C@H](OC(=O)c2ccccc2)[C@H]2OC(C)(C)O[C@H]21. The van der Waals surface area contributed by atoms with Crippen LogP contribution >= 0.6 is 0 Å². The molecule has 2 aliphatic heterocycles. The Bertz CT molecular complexity index is 539. The smallest absolute Gasteiger partial charge is 0.340 e. The van der Waals surface area contributed by atoms with Gasteiger partial charge in [0, 0.05) is 0 Å². The molecule has 0 aromatic heterocycles. The van der Waals surface area contributed by atoms with Gasteiger partial charge >= 0.3 is 5.97 Å². The number of carbonyl (C=O) groups excluding carboxylic acids is 1. The zero-order valence-corrected chi connectivity index (χ0v) is 12.0. The maximum absolute atomic E-state index is 12.1. The fourth-order valence-corrected chi connectivity index (χ4v) is 2.62. The van der Waals surface area contributed by atoms with Crippen molar-refractivity contribution in [3.63, 3.8) is 0 Å². The van der Waals surface area contributed by atoms with Crippen molar-refractivity contribution in [3.05, 3.63) is 48.6 Å². The molecule has 2 saturated heterocycles. The van der Waals surface area contributed by atoms with Crippen LogP contribution in [0.1, 0.15) is 24.2 Å². The second-order valence-corrected chi connectivity index (χ2v) is 5.54. The summed E-state index contributed by atoms with van der Waals surface area (Å²) in [5, 5.41) is 0. The van der Waals surface area contributed by atoms with Gasteiger partial charge < -0.3 is 18.9 Å². The van der Waals surface area contributed by atoms with Crippen LogP contribution in [0, 0.1) is 0 Å². The molecule has 0 bridgehead atoms. The van der Waals surface area contributed by atoms with Crippen LogP contribution in [0.4, 0.5) is 0 Å². The van der Waals surface area contributed by atoms with E-state index in [0.717, 1.165) is 0 Å². The predicted molar refractivity (Wildman–Crippen MR) is 74.5 cm³/mol. The molecule has 0 unspecified atom stereocenters. The monoisotopic (exact) mass is 290 g/mol. The summed E-state index contributed by atoms with van der Waals surface area (Å²) in [6.07, 6.45) is -0.279. The number of hydrogen-bond acceptors (Lipinski definition) is 5. The maximum Gasteiger partial charge on any atom is 0.340 e. The highest BCUT2D eigenvalue weighted by Crippen LogP contribution is 2.39. The molecule has 0 aliphatic carbocycles. The standard InChI is InChI=1S/C16H18O5/c1-4-11-12-13(21-16(2,3)20-12)15(18-11)19-14(17)10-8-6-5-7-9-10/h4-9,11-13,15H,1H2,2-3H3/t11-,12+,13+,15-/m1/s1. The molecule has 5 heteroatoms. The highest BCUT2D eigenvalue weighted by Gasteiger charge is 2.56. The molecule has 3 rings (SSSR count). The van der Waals surface area contributed by atoms with Crippen LogP contribution in [0.25, 0.3) is 0 Å². The molecule has 1 aromatic carbocycles. The minimum absolute atomic E-state index is 0.314. The molecule has 2 heterocycles. The van der Waals surface area contributed by atoms with Crippen molar-refractivity contribution in [2.45, 2.75) is 44.2 Å². The van der Waals surface area contributed by atoms with Gasteiger partial charge in [0.1, 0.15) is 12.2 Å². The lowest BCUT2D eigenvalue weighted by atomic mass is 10.1. The normalized spacial score (nSPS) is 33.4. The maximum atomic E-state index is 12.1. The Morgan fingerprint density at radius 2 is 1.90 bits per heavy atom. The predicted octanol–water partition coefficient (Wildman–Crippen LogP) is 2.27. The second kappa shape index (κ2) is 5.26. The number of fused-ring (bicyclic) bond motifs is 1. The molecule has 0 N–H and O–H groups in total. The molecule has 112 valence electrons. The lowest BCUT2D eigenvalue weighted by Gasteiger charge is -2.23. The fraction of sp³-hybridized carbons (Fsp3) is 0.438. The summed E-state index contributed by atoms with van der Waals surface area (Å²) in [4.78, 5) is 12.1. The third-order valence-electron chi connectivity index (χ3n) is 3.51. The van der Waals surface area contributed by atoms with Crippen molar-refractivity contribution < 1.29 is 23.7 Å². The number of benzene rings is 1. The third kappa shape index (κ3) is 2.72. The molecule has 0 saturated carbocycles. The van der Waals surface area contributed by atoms with E-state index in [1.807, 2.05) is 19.9 Å². The van der Waals surface area contributed by atoms with Crippen LogP contribution < -0.4 is 0 Å². The van der Waals surface area contributed by atoms with E-state index in [0.29, 0.717) is 5.56 Å². The number of rotatable bonds is 3. The second-order valence-electron chi connectivity index (χ2n) is 5.54. The summed E-state index contributed by atoms with van der Waals surface area (Å²) in [7, 11) is 0. The molecule has 5 nitrogen and oxygen atoms in total. The Balaban J connectivity index is 1.74. The minimum atomic E-state index is -0.799. The Labute approximate surface area is 123 Å². The van der Waals surface area contributed by atoms with E-state index in [9.17, 15) is 4.79 Å². The van der Waals surface area contributed by atoms with Gasteiger partial charge in [-0.05, 0) is 26.0 Å². The fourth-order valence-electron chi connectivity index (χ4n) is 2.62. The van der Waals surface area contributed by atoms with Gasteiger partial charge in [0.05, 0.1) is 5.56 Å². The van der Waals surface area contributed by atoms with Crippen LogP contribution in [-0.4, -0.2) is 36.4 Å². The molecular weight excluding hydrogens is 272 g/mol. The van der Waals surface area contributed by atoms with Gasteiger partial charge in [0.25, 0.3) is 0 Å². The lowest BCUT2D eigenvalue weighted by Crippen LogP contribution is -2.33. The average Bonchev–Trinajstić information content (AvgIpc) is 2.94. The highest BCUT2D eigenvalue weighted by atomic mass is 16.8. The average molecular weight is 290 g/mol. The molecule has 0 spiro atoms. The van der Waals surface area contributed by atoms with Gasteiger partial charge in [-0.15, -0.1) is 6.58 Å². The van der Waals surface area contributed by atoms with Crippen LogP contribution in [0.15, 0.2) is 43.0 Å². The van der Waals surface area contributed by atoms with Crippen LogP contribution in [0.2, 0.25) is 0 Å². The first kappa shape index (κ1) is 14.3. The summed E-state index contributed by atoms with van der Waals surface area (Å²) < 4.78 is 22.6. The van der Waals surface area contributed by atoms with Crippen molar-refractivity contribution in [2.24, 2.45) is 0 Å². The summed E-state index contributed by atoms with van der Waals surface area (Å²) in [5.41, 5.74) is 0.470. The van der Waals surface area contributed by atoms with E-state index in [4.69, 9.17) is 18.9 Å². The molecule has 0 amide bonds. The highest BCUT2D eigenvalue weighted by molar-refractivity contribution is 5.89. The van der Waals surface area contributed by atoms with Crippen molar-refractivity contribution in [3.8, 4) is 0 Å².